The van der Waals surface area contributed by atoms with Crippen LogP contribution in [0.3, 0.4) is 0 Å². The van der Waals surface area contributed by atoms with Crippen LogP contribution in [-0.4, -0.2) is 50.5 Å². The minimum absolute atomic E-state index is 0.521. The summed E-state index contributed by atoms with van der Waals surface area (Å²) >= 11 is 0. The molecule has 0 aliphatic rings. The molecule has 0 aliphatic heterocycles. The van der Waals surface area contributed by atoms with Crippen LogP contribution in [0.15, 0.2) is 97.1 Å². The second-order valence-corrected chi connectivity index (χ2v) is 8.13. The Balaban J connectivity index is 1.84. The van der Waals surface area contributed by atoms with Crippen LogP contribution >= 0.6 is 0 Å². The number of ether oxygens (including phenoxy) is 4. The lowest BCUT2D eigenvalue weighted by atomic mass is 10.2. The van der Waals surface area contributed by atoms with Gasteiger partial charge in [-0.05, 0) is 48.5 Å². The highest BCUT2D eigenvalue weighted by Crippen LogP contribution is 2.31. The van der Waals surface area contributed by atoms with Gasteiger partial charge in [-0.1, -0.05) is 48.5 Å². The molecule has 0 saturated carbocycles. The van der Waals surface area contributed by atoms with E-state index in [9.17, 15) is 39.6 Å². The lowest BCUT2D eigenvalue weighted by Crippen LogP contribution is -2.48. The minimum atomic E-state index is -3.67. The molecule has 0 fully saturated rings. The molecule has 0 bridgehead atoms. The topological polar surface area (TPSA) is 186 Å². The van der Waals surface area contributed by atoms with E-state index in [0.29, 0.717) is 0 Å². The Morgan fingerprint density at radius 3 is 0.780 bits per heavy atom. The Morgan fingerprint density at radius 2 is 0.585 bits per heavy atom. The van der Waals surface area contributed by atoms with Crippen molar-refractivity contribution in [3.05, 3.63) is 119 Å². The lowest BCUT2D eigenvalue weighted by molar-refractivity contribution is -0.413. The normalized spacial score (nSPS) is 10.7. The molecule has 4 aromatic carbocycles. The standard InChI is InChI=1S/C29H20O12/c30-21-13-5-1-9-17(21)25(34)38-29(39-26(35)18-10-2-6-14-22(18)31,40-27(36)19-11-3-7-15-23(19)32)41-28(37)20-12-4-8-16-24(20)33/h1-16,30-33H. The van der Waals surface area contributed by atoms with Crippen molar-refractivity contribution in [3.63, 3.8) is 0 Å². The number of hydrogen-bond acceptors (Lipinski definition) is 12. The zero-order valence-corrected chi connectivity index (χ0v) is 20.8. The highest BCUT2D eigenvalue weighted by Gasteiger charge is 2.51. The number of phenolic OH excluding ortho intramolecular Hbond substituents is 4. The Morgan fingerprint density at radius 1 is 0.390 bits per heavy atom. The molecule has 41 heavy (non-hydrogen) atoms. The van der Waals surface area contributed by atoms with Crippen LogP contribution in [0, 0.1) is 0 Å². The van der Waals surface area contributed by atoms with E-state index < -0.39 is 75.3 Å². The molecule has 0 radical (unpaired) electrons. The molecule has 12 nitrogen and oxygen atoms in total. The van der Waals surface area contributed by atoms with E-state index in [4.69, 9.17) is 18.9 Å². The molecule has 0 spiro atoms. The average Bonchev–Trinajstić information content (AvgIpc) is 2.93. The maximum atomic E-state index is 13.1. The van der Waals surface area contributed by atoms with E-state index in [1.165, 1.54) is 48.5 Å². The summed E-state index contributed by atoms with van der Waals surface area (Å²) in [6.07, 6.45) is -3.67. The fourth-order valence-corrected chi connectivity index (χ4v) is 3.38. The van der Waals surface area contributed by atoms with Gasteiger partial charge in [0.15, 0.2) is 0 Å². The van der Waals surface area contributed by atoms with Gasteiger partial charge in [-0.25, -0.2) is 19.2 Å². The Labute approximate surface area is 231 Å². The van der Waals surface area contributed by atoms with Gasteiger partial charge in [0.1, 0.15) is 45.3 Å². The molecule has 4 aromatic rings. The van der Waals surface area contributed by atoms with Gasteiger partial charge < -0.3 is 39.4 Å². The molecular weight excluding hydrogens is 540 g/mol. The molecule has 0 atom stereocenters. The Kier molecular flexibility index (Phi) is 8.04. The Hall–Kier alpha value is -6.04. The number of rotatable bonds is 8. The zero-order valence-electron chi connectivity index (χ0n) is 20.8. The number of phenols is 4. The van der Waals surface area contributed by atoms with Crippen molar-refractivity contribution >= 4 is 23.9 Å². The van der Waals surface area contributed by atoms with Crippen molar-refractivity contribution in [3.8, 4) is 23.0 Å². The van der Waals surface area contributed by atoms with E-state index in [-0.39, 0.29) is 0 Å². The largest absolute Gasteiger partial charge is 0.620 e. The molecule has 208 valence electrons. The van der Waals surface area contributed by atoms with Gasteiger partial charge >= 0.3 is 30.0 Å². The SMILES string of the molecule is O=C(OC(OC(=O)c1ccccc1O)(OC(=O)c1ccccc1O)OC(=O)c1ccccc1O)c1ccccc1O. The van der Waals surface area contributed by atoms with Crippen molar-refractivity contribution in [2.24, 2.45) is 0 Å². The molecule has 0 heterocycles. The van der Waals surface area contributed by atoms with Crippen LogP contribution in [0.1, 0.15) is 41.4 Å². The van der Waals surface area contributed by atoms with Crippen LogP contribution in [0.4, 0.5) is 0 Å². The monoisotopic (exact) mass is 560 g/mol. The molecule has 0 aromatic heterocycles. The predicted molar refractivity (Wildman–Crippen MR) is 137 cm³/mol. The van der Waals surface area contributed by atoms with Gasteiger partial charge in [0.25, 0.3) is 0 Å². The molecular formula is C29H20O12. The van der Waals surface area contributed by atoms with Gasteiger partial charge in [-0.3, -0.25) is 0 Å². The highest BCUT2D eigenvalue weighted by molar-refractivity contribution is 5.97. The van der Waals surface area contributed by atoms with Crippen LogP contribution in [0.2, 0.25) is 0 Å². The summed E-state index contributed by atoms with van der Waals surface area (Å²) in [7, 11) is 0. The average molecular weight is 560 g/mol. The Bertz CT molecular complexity index is 1380. The summed E-state index contributed by atoms with van der Waals surface area (Å²) in [5.74, 6) is -8.39. The first kappa shape index (κ1) is 28.0. The number of benzene rings is 4. The fourth-order valence-electron chi connectivity index (χ4n) is 3.38. The molecule has 12 heteroatoms. The molecule has 0 amide bonds. The van der Waals surface area contributed by atoms with Gasteiger partial charge in [0.05, 0.1) is 0 Å². The first-order valence-corrected chi connectivity index (χ1v) is 11.7. The first-order valence-electron chi connectivity index (χ1n) is 11.7. The maximum Gasteiger partial charge on any atom is 0.620 e. The number of aromatic hydroxyl groups is 4. The summed E-state index contributed by atoms with van der Waals surface area (Å²) in [5, 5.41) is 40.6. The van der Waals surface area contributed by atoms with Crippen molar-refractivity contribution in [2.75, 3.05) is 0 Å². The van der Waals surface area contributed by atoms with E-state index in [2.05, 4.69) is 0 Å². The summed E-state index contributed by atoms with van der Waals surface area (Å²) in [6.45, 7) is 0. The van der Waals surface area contributed by atoms with Crippen LogP contribution in [0.25, 0.3) is 0 Å². The van der Waals surface area contributed by atoms with Crippen LogP contribution in [-0.2, 0) is 18.9 Å². The number of esters is 4. The maximum absolute atomic E-state index is 13.1. The third-order valence-electron chi connectivity index (χ3n) is 5.37. The van der Waals surface area contributed by atoms with E-state index >= 15 is 0 Å². The predicted octanol–water partition coefficient (Wildman–Crippen LogP) is 3.85. The third-order valence-corrected chi connectivity index (χ3v) is 5.37. The summed E-state index contributed by atoms with van der Waals surface area (Å²) in [4.78, 5) is 52.5. The second kappa shape index (κ2) is 11.8. The van der Waals surface area contributed by atoms with Gasteiger partial charge in [-0.2, -0.15) is 0 Å². The first-order chi connectivity index (χ1) is 19.6. The molecule has 0 saturated heterocycles. The number of carbonyl (C=O) groups is 4. The van der Waals surface area contributed by atoms with Crippen molar-refractivity contribution in [2.45, 2.75) is 6.16 Å². The van der Waals surface area contributed by atoms with Crippen LogP contribution in [0.5, 0.6) is 23.0 Å². The van der Waals surface area contributed by atoms with Crippen molar-refractivity contribution in [1.82, 2.24) is 0 Å². The number of para-hydroxylation sites is 4. The summed E-state index contributed by atoms with van der Waals surface area (Å²) in [6, 6.07) is 19.8. The van der Waals surface area contributed by atoms with Crippen molar-refractivity contribution in [1.29, 1.82) is 0 Å². The highest BCUT2D eigenvalue weighted by atomic mass is 17.0. The van der Waals surface area contributed by atoms with E-state index in [1.54, 1.807) is 0 Å². The second-order valence-electron chi connectivity index (χ2n) is 8.13. The van der Waals surface area contributed by atoms with Gasteiger partial charge in [0.2, 0.25) is 0 Å². The van der Waals surface area contributed by atoms with E-state index in [1.807, 2.05) is 0 Å². The molecule has 0 aliphatic carbocycles. The minimum Gasteiger partial charge on any atom is -0.507 e. The number of hydrogen-bond donors (Lipinski definition) is 4. The quantitative estimate of drug-likeness (QED) is 0.180. The third kappa shape index (κ3) is 6.34. The smallest absolute Gasteiger partial charge is 0.507 e. The fraction of sp³-hybridized carbons (Fsp3) is 0.0345. The summed E-state index contributed by atoms with van der Waals surface area (Å²) in [5.41, 5.74) is -2.08. The lowest BCUT2D eigenvalue weighted by Gasteiger charge is -2.29. The molecule has 4 rings (SSSR count). The van der Waals surface area contributed by atoms with Crippen molar-refractivity contribution < 1.29 is 58.6 Å². The summed E-state index contributed by atoms with van der Waals surface area (Å²) < 4.78 is 20.5. The van der Waals surface area contributed by atoms with Crippen LogP contribution < -0.4 is 0 Å². The molecule has 0 unspecified atom stereocenters. The van der Waals surface area contributed by atoms with Gasteiger partial charge in [-0.15, -0.1) is 0 Å². The zero-order chi connectivity index (χ0) is 29.6. The molecule has 4 N–H and O–H groups in total. The van der Waals surface area contributed by atoms with E-state index in [0.717, 1.165) is 48.5 Å². The van der Waals surface area contributed by atoms with Gasteiger partial charge in [0, 0.05) is 0 Å². The number of carbonyl (C=O) groups excluding carboxylic acids is 4.